The second-order valence-corrected chi connectivity index (χ2v) is 7.72. The van der Waals surface area contributed by atoms with Crippen molar-refractivity contribution >= 4 is 23.6 Å². The molecule has 1 aromatic heterocycles. The van der Waals surface area contributed by atoms with Crippen molar-refractivity contribution in [3.63, 3.8) is 0 Å². The third kappa shape index (κ3) is 4.91. The second kappa shape index (κ2) is 9.40. The van der Waals surface area contributed by atoms with Crippen LogP contribution in [0.25, 0.3) is 0 Å². The number of hydrogen-bond donors (Lipinski definition) is 1. The van der Waals surface area contributed by atoms with Gasteiger partial charge in [-0.25, -0.2) is 18.6 Å². The smallest absolute Gasteiger partial charge is 0.488 e. The zero-order chi connectivity index (χ0) is 22.7. The normalized spacial score (nSPS) is 12.9. The summed E-state index contributed by atoms with van der Waals surface area (Å²) in [5, 5.41) is 9.50. The first-order valence-electron chi connectivity index (χ1n) is 9.89. The highest BCUT2D eigenvalue weighted by atomic mass is 35.5. The van der Waals surface area contributed by atoms with Crippen LogP contribution in [-0.2, 0) is 19.6 Å². The summed E-state index contributed by atoms with van der Waals surface area (Å²) >= 11 is 6.20. The Bertz CT molecular complexity index is 1160. The van der Waals surface area contributed by atoms with Crippen molar-refractivity contribution in [1.82, 2.24) is 4.98 Å². The number of pyridine rings is 1. The second-order valence-electron chi connectivity index (χ2n) is 7.28. The van der Waals surface area contributed by atoms with Gasteiger partial charge in [0.1, 0.15) is 35.6 Å². The lowest BCUT2D eigenvalue weighted by atomic mass is 10.0. The predicted molar refractivity (Wildman–Crippen MR) is 114 cm³/mol. The molecule has 0 radical (unpaired) electrons. The topological polar surface area (TPSA) is 71.9 Å². The first kappa shape index (κ1) is 21.8. The minimum atomic E-state index is -1.38. The summed E-state index contributed by atoms with van der Waals surface area (Å²) in [6.45, 7) is 1.000. The van der Waals surface area contributed by atoms with Crippen LogP contribution >= 0.6 is 11.6 Å². The molecule has 6 nitrogen and oxygen atoms in total. The third-order valence-corrected chi connectivity index (χ3v) is 5.36. The Hall–Kier alpha value is -3.39. The van der Waals surface area contributed by atoms with Gasteiger partial charge < -0.3 is 19.5 Å². The molecule has 9 heteroatoms. The van der Waals surface area contributed by atoms with E-state index in [4.69, 9.17) is 26.2 Å². The van der Waals surface area contributed by atoms with Crippen molar-refractivity contribution in [3.05, 3.63) is 82.0 Å². The fourth-order valence-corrected chi connectivity index (χ4v) is 3.87. The number of ether oxygens (including phenoxy) is 2. The van der Waals surface area contributed by atoms with E-state index in [1.807, 2.05) is 4.90 Å². The summed E-state index contributed by atoms with van der Waals surface area (Å²) in [6.07, 6.45) is 1.55. The molecule has 0 bridgehead atoms. The minimum absolute atomic E-state index is 0.0772. The van der Waals surface area contributed by atoms with Crippen molar-refractivity contribution in [3.8, 4) is 11.5 Å². The minimum Gasteiger partial charge on any atom is -0.488 e. The maximum Gasteiger partial charge on any atom is 0.511 e. The molecule has 2 heterocycles. The zero-order valence-corrected chi connectivity index (χ0v) is 17.6. The molecule has 0 atom stereocenters. The highest BCUT2D eigenvalue weighted by molar-refractivity contribution is 6.30. The lowest BCUT2D eigenvalue weighted by Gasteiger charge is -2.31. The van der Waals surface area contributed by atoms with Crippen LogP contribution in [0.4, 0.5) is 19.4 Å². The first-order valence-corrected chi connectivity index (χ1v) is 10.3. The Morgan fingerprint density at radius 3 is 2.75 bits per heavy atom. The maximum absolute atomic E-state index is 14.0. The van der Waals surface area contributed by atoms with Gasteiger partial charge in [-0.05, 0) is 49.2 Å². The molecule has 3 aromatic rings. The van der Waals surface area contributed by atoms with Gasteiger partial charge in [0.15, 0.2) is 0 Å². The molecule has 0 spiro atoms. The highest BCUT2D eigenvalue weighted by Crippen LogP contribution is 2.35. The number of anilines is 1. The van der Waals surface area contributed by atoms with Crippen LogP contribution in [0.2, 0.25) is 5.02 Å². The van der Waals surface area contributed by atoms with Gasteiger partial charge in [-0.2, -0.15) is 0 Å². The quantitative estimate of drug-likeness (QED) is 0.483. The number of aromatic nitrogens is 1. The number of benzene rings is 2. The lowest BCUT2D eigenvalue weighted by molar-refractivity contribution is 0.144. The molecule has 166 valence electrons. The van der Waals surface area contributed by atoms with E-state index in [2.05, 4.69) is 4.98 Å². The van der Waals surface area contributed by atoms with Crippen molar-refractivity contribution in [2.24, 2.45) is 0 Å². The first-order chi connectivity index (χ1) is 15.4. The van der Waals surface area contributed by atoms with E-state index in [1.165, 1.54) is 24.4 Å². The molecule has 0 fully saturated rings. The summed E-state index contributed by atoms with van der Waals surface area (Å²) in [7, 11) is 0. The van der Waals surface area contributed by atoms with E-state index < -0.39 is 17.8 Å². The Kier molecular flexibility index (Phi) is 6.41. The number of carbonyl (C=O) groups is 1. The van der Waals surface area contributed by atoms with E-state index in [0.717, 1.165) is 23.6 Å². The Balaban J connectivity index is 1.58. The summed E-state index contributed by atoms with van der Waals surface area (Å²) in [5.41, 5.74) is 1.70. The molecule has 2 aromatic carbocycles. The zero-order valence-electron chi connectivity index (χ0n) is 16.9. The molecular formula is C23H19ClF2N2O4. The lowest BCUT2D eigenvalue weighted by Crippen LogP contribution is -2.30. The van der Waals surface area contributed by atoms with Crippen molar-refractivity contribution in [2.75, 3.05) is 11.4 Å². The number of nitrogens with zero attached hydrogens (tertiary/aromatic N) is 2. The van der Waals surface area contributed by atoms with Gasteiger partial charge in [-0.1, -0.05) is 11.6 Å². The van der Waals surface area contributed by atoms with Gasteiger partial charge in [-0.15, -0.1) is 0 Å². The van der Waals surface area contributed by atoms with Gasteiger partial charge in [-0.3, -0.25) is 0 Å². The monoisotopic (exact) mass is 460 g/mol. The van der Waals surface area contributed by atoms with Gasteiger partial charge in [0, 0.05) is 47.1 Å². The number of carboxylic acid groups (broad SMARTS) is 1. The molecule has 0 saturated heterocycles. The number of hydrogen-bond acceptors (Lipinski definition) is 5. The Morgan fingerprint density at radius 1 is 1.12 bits per heavy atom. The molecule has 0 unspecified atom stereocenters. The molecule has 0 saturated carbocycles. The summed E-state index contributed by atoms with van der Waals surface area (Å²) in [6, 6.07) is 9.98. The van der Waals surface area contributed by atoms with Gasteiger partial charge >= 0.3 is 6.16 Å². The number of halogens is 3. The molecule has 1 aliphatic heterocycles. The number of rotatable bonds is 6. The SMILES string of the molecule is O=C(O)Oc1ccnc2c1CCCN2Cc1cc(Cl)ccc1OCc1ccc(F)cc1F. The molecule has 0 aliphatic carbocycles. The van der Waals surface area contributed by atoms with Crippen molar-refractivity contribution in [1.29, 1.82) is 0 Å². The van der Waals surface area contributed by atoms with Gasteiger partial charge in [0.25, 0.3) is 0 Å². The van der Waals surface area contributed by atoms with E-state index in [9.17, 15) is 13.6 Å². The molecule has 4 rings (SSSR count). The van der Waals surface area contributed by atoms with Crippen LogP contribution in [0.5, 0.6) is 11.5 Å². The summed E-state index contributed by atoms with van der Waals surface area (Å²) in [5.74, 6) is 0.0665. The van der Waals surface area contributed by atoms with Crippen LogP contribution in [0, 0.1) is 11.6 Å². The third-order valence-electron chi connectivity index (χ3n) is 5.12. The van der Waals surface area contributed by atoms with Crippen LogP contribution in [0.3, 0.4) is 0 Å². The average Bonchev–Trinajstić information content (AvgIpc) is 2.74. The Labute approximate surface area is 188 Å². The fourth-order valence-electron chi connectivity index (χ4n) is 3.68. The molecule has 1 N–H and O–H groups in total. The number of fused-ring (bicyclic) bond motifs is 1. The average molecular weight is 461 g/mol. The van der Waals surface area contributed by atoms with Gasteiger partial charge in [0.2, 0.25) is 0 Å². The van der Waals surface area contributed by atoms with Crippen molar-refractivity contribution in [2.45, 2.75) is 26.0 Å². The highest BCUT2D eigenvalue weighted by Gasteiger charge is 2.24. The van der Waals surface area contributed by atoms with E-state index in [0.29, 0.717) is 36.1 Å². The molecule has 0 amide bonds. The van der Waals surface area contributed by atoms with Gasteiger partial charge in [0.05, 0.1) is 0 Å². The molecule has 32 heavy (non-hydrogen) atoms. The molecule has 1 aliphatic rings. The van der Waals surface area contributed by atoms with Crippen LogP contribution in [0.1, 0.15) is 23.1 Å². The fraction of sp³-hybridized carbons (Fsp3) is 0.217. The van der Waals surface area contributed by atoms with Crippen LogP contribution in [-0.4, -0.2) is 22.8 Å². The van der Waals surface area contributed by atoms with Crippen LogP contribution in [0.15, 0.2) is 48.7 Å². The van der Waals surface area contributed by atoms with E-state index in [1.54, 1.807) is 18.2 Å². The Morgan fingerprint density at radius 2 is 1.97 bits per heavy atom. The summed E-state index contributed by atoms with van der Waals surface area (Å²) in [4.78, 5) is 17.4. The predicted octanol–water partition coefficient (Wildman–Crippen LogP) is 5.60. The largest absolute Gasteiger partial charge is 0.511 e. The van der Waals surface area contributed by atoms with Crippen LogP contribution < -0.4 is 14.4 Å². The van der Waals surface area contributed by atoms with E-state index in [-0.39, 0.29) is 17.9 Å². The van der Waals surface area contributed by atoms with Crippen molar-refractivity contribution < 1.29 is 28.2 Å². The van der Waals surface area contributed by atoms with E-state index >= 15 is 0 Å². The standard InChI is InChI=1S/C23H19ClF2N2O4/c24-16-4-6-20(31-13-14-3-5-17(25)11-19(14)26)15(10-16)12-28-9-1-2-18-21(32-23(29)30)7-8-27-22(18)28/h3-8,10-11H,1-2,9,12-13H2,(H,29,30). The summed E-state index contributed by atoms with van der Waals surface area (Å²) < 4.78 is 37.9. The maximum atomic E-state index is 14.0. The molecular weight excluding hydrogens is 442 g/mol.